The van der Waals surface area contributed by atoms with Gasteiger partial charge in [-0.25, -0.2) is 0 Å². The van der Waals surface area contributed by atoms with Crippen LogP contribution in [0, 0.1) is 16.7 Å². The predicted octanol–water partition coefficient (Wildman–Crippen LogP) is 1.56. The first-order valence-corrected chi connectivity index (χ1v) is 6.50. The summed E-state index contributed by atoms with van der Waals surface area (Å²) in [5.41, 5.74) is 9.01. The smallest absolute Gasteiger partial charge is 0.255 e. The Morgan fingerprint density at radius 3 is 2.74 bits per heavy atom. The Bertz CT molecular complexity index is 793. The van der Waals surface area contributed by atoms with E-state index in [0.717, 1.165) is 0 Å². The highest BCUT2D eigenvalue weighted by molar-refractivity contribution is 6.45. The number of pyridine rings is 1. The van der Waals surface area contributed by atoms with E-state index in [2.05, 4.69) is 20.8 Å². The quantitative estimate of drug-likeness (QED) is 0.377. The van der Waals surface area contributed by atoms with Crippen LogP contribution in [-0.4, -0.2) is 22.4 Å². The lowest BCUT2D eigenvalue weighted by Crippen LogP contribution is -2.21. The molecule has 0 bridgehead atoms. The summed E-state index contributed by atoms with van der Waals surface area (Å²) in [5.74, 6) is -0.747. The van der Waals surface area contributed by atoms with Gasteiger partial charge in [-0.3, -0.25) is 20.6 Å². The molecule has 114 valence electrons. The van der Waals surface area contributed by atoms with E-state index in [1.165, 1.54) is 6.20 Å². The molecule has 0 fully saturated rings. The number of hydrazone groups is 1. The number of nitrogens with one attached hydrogen (secondary N) is 3. The zero-order valence-electron chi connectivity index (χ0n) is 11.9. The van der Waals surface area contributed by atoms with Gasteiger partial charge in [0.15, 0.2) is 5.84 Å². The summed E-state index contributed by atoms with van der Waals surface area (Å²) in [4.78, 5) is 16.1. The van der Waals surface area contributed by atoms with Crippen molar-refractivity contribution >= 4 is 28.8 Å². The Hall–Kier alpha value is -3.73. The molecule has 0 aliphatic heterocycles. The Morgan fingerprint density at radius 2 is 2.09 bits per heavy atom. The van der Waals surface area contributed by atoms with Crippen molar-refractivity contribution in [2.75, 3.05) is 10.7 Å². The van der Waals surface area contributed by atoms with Crippen LogP contribution < -0.4 is 16.5 Å². The number of amides is 1. The fraction of sp³-hybridized carbons (Fsp3) is 0. The van der Waals surface area contributed by atoms with Crippen LogP contribution in [0.4, 0.5) is 11.4 Å². The molecule has 1 aromatic heterocycles. The first-order chi connectivity index (χ1) is 11.1. The van der Waals surface area contributed by atoms with Crippen LogP contribution in [0.5, 0.6) is 0 Å². The third kappa shape index (κ3) is 4.37. The molecule has 0 aliphatic rings. The number of anilines is 2. The van der Waals surface area contributed by atoms with Crippen molar-refractivity contribution in [3.63, 3.8) is 0 Å². The Balaban J connectivity index is 2.12. The van der Waals surface area contributed by atoms with E-state index in [1.807, 2.05) is 0 Å². The molecule has 0 saturated heterocycles. The van der Waals surface area contributed by atoms with Crippen LogP contribution >= 0.6 is 0 Å². The highest BCUT2D eigenvalue weighted by atomic mass is 16.1. The molecular weight excluding hydrogens is 294 g/mol. The molecule has 0 aliphatic carbocycles. The molecule has 0 radical (unpaired) electrons. The van der Waals surface area contributed by atoms with Crippen LogP contribution in [0.3, 0.4) is 0 Å². The topological polar surface area (TPSA) is 140 Å². The minimum absolute atomic E-state index is 0.241. The van der Waals surface area contributed by atoms with Gasteiger partial charge in [0, 0.05) is 11.8 Å². The van der Waals surface area contributed by atoms with Crippen molar-refractivity contribution in [1.29, 1.82) is 10.7 Å². The normalized spacial score (nSPS) is 10.5. The standard InChI is InChI=1S/C15H13N7O/c16-8-13(14(17)18)22-21-11-4-1-3-10(7-11)15(23)20-12-5-2-6-19-9-12/h1-7,9,21H,(H3,17,18)(H,20,23)/b22-13+. The van der Waals surface area contributed by atoms with Crippen LogP contribution in [0.15, 0.2) is 53.9 Å². The minimum Gasteiger partial charge on any atom is -0.382 e. The Morgan fingerprint density at radius 1 is 1.30 bits per heavy atom. The number of nitrogens with zero attached hydrogens (tertiary/aromatic N) is 3. The van der Waals surface area contributed by atoms with Crippen LogP contribution in [0.1, 0.15) is 10.4 Å². The summed E-state index contributed by atoms with van der Waals surface area (Å²) < 4.78 is 0. The third-order valence-corrected chi connectivity index (χ3v) is 2.70. The van der Waals surface area contributed by atoms with E-state index in [9.17, 15) is 4.79 Å². The number of hydrogen-bond acceptors (Lipinski definition) is 6. The minimum atomic E-state index is -0.439. The van der Waals surface area contributed by atoms with Gasteiger partial charge in [-0.05, 0) is 30.3 Å². The van der Waals surface area contributed by atoms with Gasteiger partial charge in [0.2, 0.25) is 5.71 Å². The maximum Gasteiger partial charge on any atom is 0.255 e. The zero-order chi connectivity index (χ0) is 16.7. The molecule has 0 saturated carbocycles. The number of benzene rings is 1. The summed E-state index contributed by atoms with van der Waals surface area (Å²) in [6.45, 7) is 0. The summed E-state index contributed by atoms with van der Waals surface area (Å²) in [5, 5.41) is 22.4. The predicted molar refractivity (Wildman–Crippen MR) is 87.2 cm³/mol. The summed E-state index contributed by atoms with van der Waals surface area (Å²) in [6, 6.07) is 11.7. The first-order valence-electron chi connectivity index (χ1n) is 6.50. The van der Waals surface area contributed by atoms with Gasteiger partial charge in [0.25, 0.3) is 5.91 Å². The van der Waals surface area contributed by atoms with Crippen molar-refractivity contribution in [2.24, 2.45) is 10.8 Å². The van der Waals surface area contributed by atoms with E-state index in [4.69, 9.17) is 16.4 Å². The van der Waals surface area contributed by atoms with Crippen LogP contribution in [-0.2, 0) is 0 Å². The average Bonchev–Trinajstić information content (AvgIpc) is 2.56. The summed E-state index contributed by atoms with van der Waals surface area (Å²) in [6.07, 6.45) is 3.15. The molecule has 0 unspecified atom stereocenters. The van der Waals surface area contributed by atoms with E-state index in [1.54, 1.807) is 48.7 Å². The lowest BCUT2D eigenvalue weighted by molar-refractivity contribution is 0.102. The van der Waals surface area contributed by atoms with Gasteiger partial charge >= 0.3 is 0 Å². The van der Waals surface area contributed by atoms with Crippen LogP contribution in [0.25, 0.3) is 0 Å². The van der Waals surface area contributed by atoms with Gasteiger partial charge in [-0.2, -0.15) is 10.4 Å². The molecule has 5 N–H and O–H groups in total. The molecule has 0 atom stereocenters. The van der Waals surface area contributed by atoms with Gasteiger partial charge in [-0.1, -0.05) is 6.07 Å². The largest absolute Gasteiger partial charge is 0.382 e. The van der Waals surface area contributed by atoms with E-state index >= 15 is 0 Å². The number of carbonyl (C=O) groups is 1. The molecular formula is C15H13N7O. The molecule has 0 spiro atoms. The fourth-order valence-corrected chi connectivity index (χ4v) is 1.64. The van der Waals surface area contributed by atoms with E-state index < -0.39 is 5.84 Å². The van der Waals surface area contributed by atoms with Gasteiger partial charge in [0.05, 0.1) is 17.6 Å². The number of nitrogens with two attached hydrogens (primary N) is 1. The average molecular weight is 307 g/mol. The number of amidine groups is 1. The first kappa shape index (κ1) is 15.7. The third-order valence-electron chi connectivity index (χ3n) is 2.70. The zero-order valence-corrected chi connectivity index (χ0v) is 11.9. The molecule has 2 rings (SSSR count). The second-order valence-electron chi connectivity index (χ2n) is 4.37. The second-order valence-corrected chi connectivity index (χ2v) is 4.37. The highest BCUT2D eigenvalue weighted by Gasteiger charge is 2.07. The number of rotatable bonds is 5. The van der Waals surface area contributed by atoms with Crippen molar-refractivity contribution in [3.05, 3.63) is 54.4 Å². The fourth-order valence-electron chi connectivity index (χ4n) is 1.64. The number of carbonyl (C=O) groups excluding carboxylic acids is 1. The van der Waals surface area contributed by atoms with Crippen molar-refractivity contribution in [2.45, 2.75) is 0 Å². The van der Waals surface area contributed by atoms with E-state index in [-0.39, 0.29) is 11.6 Å². The summed E-state index contributed by atoms with van der Waals surface area (Å²) >= 11 is 0. The molecule has 1 amide bonds. The lowest BCUT2D eigenvalue weighted by atomic mass is 10.2. The maximum absolute atomic E-state index is 12.2. The van der Waals surface area contributed by atoms with Crippen molar-refractivity contribution in [1.82, 2.24) is 4.98 Å². The molecule has 23 heavy (non-hydrogen) atoms. The highest BCUT2D eigenvalue weighted by Crippen LogP contribution is 2.13. The molecule has 8 nitrogen and oxygen atoms in total. The summed E-state index contributed by atoms with van der Waals surface area (Å²) in [7, 11) is 0. The second kappa shape index (κ2) is 7.33. The van der Waals surface area contributed by atoms with Crippen molar-refractivity contribution < 1.29 is 4.79 Å². The van der Waals surface area contributed by atoms with Crippen molar-refractivity contribution in [3.8, 4) is 6.07 Å². The number of aromatic nitrogens is 1. The van der Waals surface area contributed by atoms with E-state index in [0.29, 0.717) is 16.9 Å². The molecule has 8 heteroatoms. The molecule has 1 heterocycles. The number of hydrogen-bond donors (Lipinski definition) is 4. The molecule has 1 aromatic carbocycles. The van der Waals surface area contributed by atoms with Gasteiger partial charge in [0.1, 0.15) is 6.07 Å². The monoisotopic (exact) mass is 307 g/mol. The van der Waals surface area contributed by atoms with Crippen LogP contribution in [0.2, 0.25) is 0 Å². The Labute approximate surface area is 132 Å². The Kier molecular flexibility index (Phi) is 4.99. The van der Waals surface area contributed by atoms with Gasteiger partial charge < -0.3 is 11.1 Å². The maximum atomic E-state index is 12.2. The number of nitriles is 1. The molecule has 2 aromatic rings. The van der Waals surface area contributed by atoms with Gasteiger partial charge in [-0.15, -0.1) is 0 Å². The SMILES string of the molecule is N#C/C(=N\Nc1cccc(C(=O)Nc2cccnc2)c1)C(=N)N. The lowest BCUT2D eigenvalue weighted by Gasteiger charge is -2.06.